The van der Waals surface area contributed by atoms with Crippen molar-refractivity contribution >= 4 is 24.8 Å². The third-order valence-electron chi connectivity index (χ3n) is 4.08. The van der Waals surface area contributed by atoms with Crippen molar-refractivity contribution in [3.05, 3.63) is 42.5 Å². The summed E-state index contributed by atoms with van der Waals surface area (Å²) < 4.78 is 0. The normalized spacial score (nSPS) is 11.3. The molecule has 0 aromatic heterocycles. The maximum absolute atomic E-state index is 2.41. The van der Waals surface area contributed by atoms with E-state index in [1.165, 1.54) is 48.5 Å². The van der Waals surface area contributed by atoms with Crippen LogP contribution in [-0.2, 0) is 0 Å². The molecule has 0 saturated carbocycles. The van der Waals surface area contributed by atoms with E-state index in [-0.39, 0.29) is 0 Å². The van der Waals surface area contributed by atoms with Crippen LogP contribution in [0.5, 0.6) is 0 Å². The number of unbranched alkanes of at least 4 members (excludes halogenated alkanes) is 2. The van der Waals surface area contributed by atoms with Gasteiger partial charge in [-0.25, -0.2) is 0 Å². The first-order valence-electron chi connectivity index (χ1n) is 7.84. The van der Waals surface area contributed by atoms with Crippen molar-refractivity contribution in [2.45, 2.75) is 51.6 Å². The number of benzene rings is 2. The molecular formula is C18H26Si. The molecule has 2 rings (SSSR count). The Labute approximate surface area is 119 Å². The maximum atomic E-state index is 2.41. The average molecular weight is 270 g/mol. The molecule has 0 saturated heterocycles. The van der Waals surface area contributed by atoms with Crippen LogP contribution in [0.1, 0.15) is 39.5 Å². The fraction of sp³-hybridized carbons (Fsp3) is 0.444. The Morgan fingerprint density at radius 1 is 0.789 bits per heavy atom. The Morgan fingerprint density at radius 2 is 1.42 bits per heavy atom. The van der Waals surface area contributed by atoms with Crippen molar-refractivity contribution in [1.82, 2.24) is 0 Å². The summed E-state index contributed by atoms with van der Waals surface area (Å²) in [6.45, 7) is 4.63. The minimum Gasteiger partial charge on any atom is -0.0654 e. The van der Waals surface area contributed by atoms with Crippen LogP contribution in [0, 0.1) is 0 Å². The third-order valence-corrected chi connectivity index (χ3v) is 7.67. The zero-order valence-electron chi connectivity index (χ0n) is 12.4. The van der Waals surface area contributed by atoms with Gasteiger partial charge in [0.15, 0.2) is 0 Å². The molecule has 102 valence electrons. The Kier molecular flexibility index (Phi) is 5.65. The first-order valence-corrected chi connectivity index (χ1v) is 10.1. The number of hydrogen-bond acceptors (Lipinski definition) is 0. The van der Waals surface area contributed by atoms with Gasteiger partial charge in [-0.1, -0.05) is 99.3 Å². The molecule has 2 aromatic rings. The molecule has 0 aliphatic rings. The molecule has 0 atom stereocenters. The first-order chi connectivity index (χ1) is 9.36. The second-order valence-electron chi connectivity index (χ2n) is 5.55. The Morgan fingerprint density at radius 3 is 2.11 bits per heavy atom. The summed E-state index contributed by atoms with van der Waals surface area (Å²) in [6.07, 6.45) is 5.48. The third kappa shape index (κ3) is 3.70. The number of rotatable bonds is 7. The van der Waals surface area contributed by atoms with E-state index in [9.17, 15) is 0 Å². The zero-order valence-corrected chi connectivity index (χ0v) is 13.5. The van der Waals surface area contributed by atoms with Gasteiger partial charge in [0.25, 0.3) is 0 Å². The molecule has 2 aromatic carbocycles. The summed E-state index contributed by atoms with van der Waals surface area (Å²) in [6, 6.07) is 18.8. The van der Waals surface area contributed by atoms with Crippen LogP contribution < -0.4 is 5.19 Å². The predicted octanol–water partition coefficient (Wildman–Crippen LogP) is 4.87. The van der Waals surface area contributed by atoms with Crippen molar-refractivity contribution in [1.29, 1.82) is 0 Å². The average Bonchev–Trinajstić information content (AvgIpc) is 2.47. The van der Waals surface area contributed by atoms with Crippen LogP contribution in [0.25, 0.3) is 10.8 Å². The van der Waals surface area contributed by atoms with Gasteiger partial charge in [0.1, 0.15) is 0 Å². The van der Waals surface area contributed by atoms with E-state index < -0.39 is 8.80 Å². The van der Waals surface area contributed by atoms with Gasteiger partial charge in [0.05, 0.1) is 8.80 Å². The number of hydrogen-bond donors (Lipinski definition) is 0. The van der Waals surface area contributed by atoms with Crippen LogP contribution >= 0.6 is 0 Å². The molecule has 0 amide bonds. The lowest BCUT2D eigenvalue weighted by Crippen LogP contribution is -2.30. The Hall–Kier alpha value is -1.08. The van der Waals surface area contributed by atoms with E-state index in [2.05, 4.69) is 56.3 Å². The van der Waals surface area contributed by atoms with Crippen LogP contribution in [0.4, 0.5) is 0 Å². The van der Waals surface area contributed by atoms with Gasteiger partial charge in [-0.15, -0.1) is 0 Å². The molecule has 0 aliphatic heterocycles. The molecule has 0 N–H and O–H groups in total. The van der Waals surface area contributed by atoms with E-state index in [4.69, 9.17) is 0 Å². The molecule has 0 radical (unpaired) electrons. The van der Waals surface area contributed by atoms with Crippen molar-refractivity contribution in [2.24, 2.45) is 0 Å². The van der Waals surface area contributed by atoms with E-state index in [1.54, 1.807) is 5.19 Å². The highest BCUT2D eigenvalue weighted by atomic mass is 28.3. The maximum Gasteiger partial charge on any atom is 0.0716 e. The molecule has 0 nitrogen and oxygen atoms in total. The summed E-state index contributed by atoms with van der Waals surface area (Å²) in [5, 5.41) is 4.65. The van der Waals surface area contributed by atoms with Gasteiger partial charge in [0, 0.05) is 0 Å². The second kappa shape index (κ2) is 7.49. The Bertz CT molecular complexity index is 491. The molecule has 0 aliphatic carbocycles. The smallest absolute Gasteiger partial charge is 0.0654 e. The monoisotopic (exact) mass is 270 g/mol. The molecule has 0 heterocycles. The van der Waals surface area contributed by atoms with Crippen LogP contribution in [0.2, 0.25) is 12.1 Å². The van der Waals surface area contributed by atoms with Crippen LogP contribution in [-0.4, -0.2) is 8.80 Å². The topological polar surface area (TPSA) is 0 Å². The second-order valence-corrected chi connectivity index (χ2v) is 8.72. The molecule has 0 spiro atoms. The fourth-order valence-corrected chi connectivity index (χ4v) is 6.76. The van der Waals surface area contributed by atoms with Crippen molar-refractivity contribution in [2.75, 3.05) is 0 Å². The first kappa shape index (κ1) is 14.3. The summed E-state index contributed by atoms with van der Waals surface area (Å²) >= 11 is 0. The van der Waals surface area contributed by atoms with E-state index in [0.29, 0.717) is 0 Å². The largest absolute Gasteiger partial charge is 0.0716 e. The molecule has 1 heteroatoms. The van der Waals surface area contributed by atoms with E-state index in [0.717, 1.165) is 0 Å². The molecule has 0 unspecified atom stereocenters. The minimum atomic E-state index is -0.778. The Balaban J connectivity index is 2.31. The molecule has 0 fully saturated rings. The van der Waals surface area contributed by atoms with Crippen molar-refractivity contribution in [3.63, 3.8) is 0 Å². The van der Waals surface area contributed by atoms with Gasteiger partial charge >= 0.3 is 0 Å². The van der Waals surface area contributed by atoms with Gasteiger partial charge in [-0.2, -0.15) is 0 Å². The van der Waals surface area contributed by atoms with E-state index in [1.807, 2.05) is 0 Å². The molecule has 19 heavy (non-hydrogen) atoms. The van der Waals surface area contributed by atoms with Crippen LogP contribution in [0.3, 0.4) is 0 Å². The quantitative estimate of drug-likeness (QED) is 0.629. The highest BCUT2D eigenvalue weighted by Crippen LogP contribution is 2.17. The minimum absolute atomic E-state index is 0.778. The summed E-state index contributed by atoms with van der Waals surface area (Å²) in [5.74, 6) is 0. The van der Waals surface area contributed by atoms with Crippen LogP contribution in [0.15, 0.2) is 42.5 Å². The van der Waals surface area contributed by atoms with Gasteiger partial charge in [0.2, 0.25) is 0 Å². The fourth-order valence-electron chi connectivity index (χ4n) is 2.96. The summed E-state index contributed by atoms with van der Waals surface area (Å²) in [7, 11) is -0.778. The van der Waals surface area contributed by atoms with Gasteiger partial charge in [-0.3, -0.25) is 0 Å². The number of fused-ring (bicyclic) bond motifs is 1. The summed E-state index contributed by atoms with van der Waals surface area (Å²) in [4.78, 5) is 0. The molecule has 0 bridgehead atoms. The van der Waals surface area contributed by atoms with Gasteiger partial charge < -0.3 is 0 Å². The lowest BCUT2D eigenvalue weighted by Gasteiger charge is -2.17. The summed E-state index contributed by atoms with van der Waals surface area (Å²) in [5.41, 5.74) is 0. The van der Waals surface area contributed by atoms with Gasteiger partial charge in [-0.05, 0) is 10.8 Å². The highest BCUT2D eigenvalue weighted by Gasteiger charge is 2.14. The van der Waals surface area contributed by atoms with Crippen molar-refractivity contribution < 1.29 is 0 Å². The SMILES string of the molecule is CCCC[SiH](CCCC)c1cccc2ccccc12. The lowest BCUT2D eigenvalue weighted by molar-refractivity contribution is 0.845. The van der Waals surface area contributed by atoms with Crippen molar-refractivity contribution in [3.8, 4) is 0 Å². The lowest BCUT2D eigenvalue weighted by atomic mass is 10.1. The van der Waals surface area contributed by atoms with E-state index >= 15 is 0 Å². The zero-order chi connectivity index (χ0) is 13.5. The highest BCUT2D eigenvalue weighted by molar-refractivity contribution is 6.75. The standard InChI is InChI=1S/C18H26Si/c1-3-5-14-19(15-6-4-2)18-13-9-11-16-10-7-8-12-17(16)18/h7-13,19H,3-6,14-15H2,1-2H3. The predicted molar refractivity (Wildman–Crippen MR) is 90.2 cm³/mol. The molecular weight excluding hydrogens is 244 g/mol.